The number of likely N-dealkylation sites (N-methyl/N-ethyl adjacent to an activating group) is 1. The van der Waals surface area contributed by atoms with Gasteiger partial charge >= 0.3 is 0 Å². The third-order valence-electron chi connectivity index (χ3n) is 5.41. The van der Waals surface area contributed by atoms with Gasteiger partial charge in [0.05, 0.1) is 28.1 Å². The van der Waals surface area contributed by atoms with Gasteiger partial charge in [0.2, 0.25) is 0 Å². The first kappa shape index (κ1) is 19.5. The zero-order chi connectivity index (χ0) is 19.9. The number of thiophene rings is 1. The van der Waals surface area contributed by atoms with Crippen molar-refractivity contribution in [3.05, 3.63) is 23.1 Å². The molecule has 0 unspecified atom stereocenters. The van der Waals surface area contributed by atoms with Crippen molar-refractivity contribution < 1.29 is 4.74 Å². The zero-order valence-corrected chi connectivity index (χ0v) is 18.2. The molecular weight excluding hydrogens is 370 g/mol. The van der Waals surface area contributed by atoms with E-state index >= 15 is 0 Å². The van der Waals surface area contributed by atoms with Crippen LogP contribution >= 0.6 is 11.3 Å². The van der Waals surface area contributed by atoms with E-state index in [1.807, 2.05) is 6.92 Å². The lowest BCUT2D eigenvalue weighted by Gasteiger charge is -2.30. The Morgan fingerprint density at radius 1 is 1.21 bits per heavy atom. The molecule has 0 aliphatic carbocycles. The minimum absolute atomic E-state index is 0.155. The Bertz CT molecular complexity index is 1010. The SMILES string of the molecule is CCN(CC)CCNc1nc(C)nc2c1sc1nc3c(cc12)COC(C)(C)C3. The van der Waals surface area contributed by atoms with Gasteiger partial charge in [0, 0.05) is 30.5 Å². The Balaban J connectivity index is 1.72. The number of ether oxygens (including phenoxy) is 1. The molecule has 1 aliphatic heterocycles. The second-order valence-corrected chi connectivity index (χ2v) is 9.02. The molecule has 0 radical (unpaired) electrons. The molecule has 4 heterocycles. The van der Waals surface area contributed by atoms with Crippen molar-refractivity contribution in [2.24, 2.45) is 0 Å². The van der Waals surface area contributed by atoms with Crippen molar-refractivity contribution in [3.8, 4) is 0 Å². The van der Waals surface area contributed by atoms with Crippen molar-refractivity contribution in [2.75, 3.05) is 31.5 Å². The number of rotatable bonds is 6. The zero-order valence-electron chi connectivity index (χ0n) is 17.4. The predicted octanol–water partition coefficient (Wildman–Crippen LogP) is 4.15. The molecule has 0 fully saturated rings. The Hall–Kier alpha value is -1.83. The quantitative estimate of drug-likeness (QED) is 0.672. The summed E-state index contributed by atoms with van der Waals surface area (Å²) in [5.74, 6) is 1.71. The summed E-state index contributed by atoms with van der Waals surface area (Å²) in [5, 5.41) is 4.65. The highest BCUT2D eigenvalue weighted by Gasteiger charge is 2.28. The molecule has 0 saturated heterocycles. The number of aromatic nitrogens is 3. The molecule has 7 heteroatoms. The summed E-state index contributed by atoms with van der Waals surface area (Å²) in [4.78, 5) is 17.9. The van der Waals surface area contributed by atoms with Crippen LogP contribution in [0.5, 0.6) is 0 Å². The molecule has 3 aromatic heterocycles. The number of anilines is 1. The van der Waals surface area contributed by atoms with E-state index in [2.05, 4.69) is 49.0 Å². The minimum atomic E-state index is -0.155. The molecule has 0 atom stereocenters. The lowest BCUT2D eigenvalue weighted by Crippen LogP contribution is -2.32. The van der Waals surface area contributed by atoms with Gasteiger partial charge in [-0.2, -0.15) is 0 Å². The first-order valence-electron chi connectivity index (χ1n) is 10.1. The number of aryl methyl sites for hydroxylation is 1. The van der Waals surface area contributed by atoms with E-state index < -0.39 is 0 Å². The Morgan fingerprint density at radius 3 is 2.75 bits per heavy atom. The molecular formula is C21H29N5OS. The van der Waals surface area contributed by atoms with Crippen LogP contribution in [0.25, 0.3) is 20.4 Å². The summed E-state index contributed by atoms with van der Waals surface area (Å²) >= 11 is 1.69. The van der Waals surface area contributed by atoms with Gasteiger partial charge in [-0.15, -0.1) is 11.3 Å². The molecule has 28 heavy (non-hydrogen) atoms. The van der Waals surface area contributed by atoms with E-state index in [1.165, 1.54) is 5.56 Å². The van der Waals surface area contributed by atoms with E-state index in [4.69, 9.17) is 14.7 Å². The van der Waals surface area contributed by atoms with Gasteiger partial charge in [0.25, 0.3) is 0 Å². The molecule has 0 bridgehead atoms. The summed E-state index contributed by atoms with van der Waals surface area (Å²) < 4.78 is 7.08. The molecule has 6 nitrogen and oxygen atoms in total. The first-order chi connectivity index (χ1) is 13.4. The number of hydrogen-bond donors (Lipinski definition) is 1. The fourth-order valence-corrected chi connectivity index (χ4v) is 4.84. The summed E-state index contributed by atoms with van der Waals surface area (Å²) in [6, 6.07) is 2.22. The van der Waals surface area contributed by atoms with Crippen molar-refractivity contribution in [1.29, 1.82) is 0 Å². The average Bonchev–Trinajstić information content (AvgIpc) is 3.00. The third-order valence-corrected chi connectivity index (χ3v) is 6.51. The van der Waals surface area contributed by atoms with Crippen molar-refractivity contribution in [1.82, 2.24) is 19.9 Å². The van der Waals surface area contributed by atoms with Crippen LogP contribution in [0, 0.1) is 6.92 Å². The molecule has 0 amide bonds. The second kappa shape index (κ2) is 7.54. The second-order valence-electron chi connectivity index (χ2n) is 8.02. The lowest BCUT2D eigenvalue weighted by molar-refractivity contribution is -0.0411. The van der Waals surface area contributed by atoms with Crippen molar-refractivity contribution in [3.63, 3.8) is 0 Å². The van der Waals surface area contributed by atoms with E-state index in [1.54, 1.807) is 11.3 Å². The maximum Gasteiger partial charge on any atom is 0.147 e. The Kier molecular flexibility index (Phi) is 5.24. The van der Waals surface area contributed by atoms with Crippen molar-refractivity contribution in [2.45, 2.75) is 53.2 Å². The standard InChI is InChI=1S/C21H29N5OS/c1-6-26(7-2)9-8-22-19-18-17(23-13(3)24-19)15-10-14-12-27-21(4,5)11-16(14)25-20(15)28-18/h10H,6-9,11-12H2,1-5H3,(H,22,23,24). The van der Waals surface area contributed by atoms with Crippen LogP contribution in [-0.2, 0) is 17.8 Å². The number of nitrogens with zero attached hydrogens (tertiary/aromatic N) is 4. The van der Waals surface area contributed by atoms with E-state index in [9.17, 15) is 0 Å². The summed E-state index contributed by atoms with van der Waals surface area (Å²) in [7, 11) is 0. The number of nitrogens with one attached hydrogen (secondary N) is 1. The van der Waals surface area contributed by atoms with Crippen LogP contribution in [0.3, 0.4) is 0 Å². The van der Waals surface area contributed by atoms with Gasteiger partial charge < -0.3 is 15.0 Å². The fourth-order valence-electron chi connectivity index (χ4n) is 3.76. The molecule has 1 aliphatic rings. The molecule has 4 rings (SSSR count). The minimum Gasteiger partial charge on any atom is -0.370 e. The highest BCUT2D eigenvalue weighted by atomic mass is 32.1. The Labute approximate surface area is 170 Å². The number of fused-ring (bicyclic) bond motifs is 4. The van der Waals surface area contributed by atoms with Crippen LogP contribution in [0.2, 0.25) is 0 Å². The smallest absolute Gasteiger partial charge is 0.147 e. The van der Waals surface area contributed by atoms with Gasteiger partial charge in [0.15, 0.2) is 0 Å². The molecule has 3 aromatic rings. The van der Waals surface area contributed by atoms with Crippen LogP contribution in [0.15, 0.2) is 6.07 Å². The average molecular weight is 400 g/mol. The van der Waals surface area contributed by atoms with Crippen LogP contribution in [0.4, 0.5) is 5.82 Å². The third kappa shape index (κ3) is 3.71. The normalized spacial score (nSPS) is 16.1. The number of pyridine rings is 1. The van der Waals surface area contributed by atoms with Gasteiger partial charge in [-0.25, -0.2) is 15.0 Å². The number of hydrogen-bond acceptors (Lipinski definition) is 7. The van der Waals surface area contributed by atoms with Crippen LogP contribution < -0.4 is 5.32 Å². The summed E-state index contributed by atoms with van der Waals surface area (Å²) in [5.41, 5.74) is 3.17. The monoisotopic (exact) mass is 399 g/mol. The van der Waals surface area contributed by atoms with Crippen LogP contribution in [0.1, 0.15) is 44.8 Å². The summed E-state index contributed by atoms with van der Waals surface area (Å²) in [6.07, 6.45) is 0.839. The fraction of sp³-hybridized carbons (Fsp3) is 0.571. The van der Waals surface area contributed by atoms with Crippen LogP contribution in [-0.4, -0.2) is 51.6 Å². The molecule has 0 spiro atoms. The van der Waals surface area contributed by atoms with Gasteiger partial charge in [0.1, 0.15) is 16.5 Å². The molecule has 150 valence electrons. The largest absolute Gasteiger partial charge is 0.370 e. The topological polar surface area (TPSA) is 63.2 Å². The van der Waals surface area contributed by atoms with Gasteiger partial charge in [-0.3, -0.25) is 0 Å². The van der Waals surface area contributed by atoms with Crippen molar-refractivity contribution >= 4 is 37.6 Å². The lowest BCUT2D eigenvalue weighted by atomic mass is 9.95. The van der Waals surface area contributed by atoms with E-state index in [0.717, 1.165) is 70.4 Å². The molecule has 1 N–H and O–H groups in total. The summed E-state index contributed by atoms with van der Waals surface area (Å²) in [6.45, 7) is 15.2. The molecule has 0 aromatic carbocycles. The van der Waals surface area contributed by atoms with Gasteiger partial charge in [-0.1, -0.05) is 13.8 Å². The van der Waals surface area contributed by atoms with E-state index in [0.29, 0.717) is 6.61 Å². The maximum atomic E-state index is 5.99. The molecule has 0 saturated carbocycles. The van der Waals surface area contributed by atoms with E-state index in [-0.39, 0.29) is 5.60 Å². The highest BCUT2D eigenvalue weighted by molar-refractivity contribution is 7.25. The highest BCUT2D eigenvalue weighted by Crippen LogP contribution is 2.38. The van der Waals surface area contributed by atoms with Gasteiger partial charge in [-0.05, 0) is 39.9 Å². The predicted molar refractivity (Wildman–Crippen MR) is 116 cm³/mol. The maximum absolute atomic E-state index is 5.99. The Morgan fingerprint density at radius 2 is 2.00 bits per heavy atom. The first-order valence-corrected chi connectivity index (χ1v) is 10.9.